The average molecular weight is 486 g/mol. The van der Waals surface area contributed by atoms with Crippen LogP contribution in [-0.2, 0) is 13.0 Å². The van der Waals surface area contributed by atoms with E-state index in [1.54, 1.807) is 16.7 Å². The third-order valence-corrected chi connectivity index (χ3v) is 6.17. The number of nitrogens with one attached hydrogen (secondary N) is 1. The maximum absolute atomic E-state index is 13.5. The van der Waals surface area contributed by atoms with Crippen LogP contribution in [0.2, 0.25) is 5.02 Å². The van der Waals surface area contributed by atoms with Crippen LogP contribution in [0.5, 0.6) is 0 Å². The van der Waals surface area contributed by atoms with E-state index in [-0.39, 0.29) is 17.0 Å². The number of amides is 1. The molecule has 35 heavy (non-hydrogen) atoms. The van der Waals surface area contributed by atoms with E-state index in [1.807, 2.05) is 55.5 Å². The molecule has 0 fully saturated rings. The van der Waals surface area contributed by atoms with Gasteiger partial charge in [0.05, 0.1) is 17.6 Å². The third kappa shape index (κ3) is 4.81. The van der Waals surface area contributed by atoms with Crippen LogP contribution >= 0.6 is 11.6 Å². The molecule has 3 aromatic carbocycles. The van der Waals surface area contributed by atoms with Crippen LogP contribution < -0.4 is 10.9 Å². The lowest BCUT2D eigenvalue weighted by molar-refractivity contribution is 0.0943. The summed E-state index contributed by atoms with van der Waals surface area (Å²) in [5, 5.41) is 7.89. The summed E-state index contributed by atoms with van der Waals surface area (Å²) in [6.45, 7) is 2.81. The van der Waals surface area contributed by atoms with Crippen molar-refractivity contribution in [3.63, 3.8) is 0 Å². The fourth-order valence-electron chi connectivity index (χ4n) is 4.12. The van der Waals surface area contributed by atoms with Crippen molar-refractivity contribution >= 4 is 34.2 Å². The number of aromatic nitrogens is 4. The summed E-state index contributed by atoms with van der Waals surface area (Å²) in [6.07, 6.45) is 1.65. The van der Waals surface area contributed by atoms with Crippen molar-refractivity contribution in [3.05, 3.63) is 111 Å². The molecule has 0 aliphatic rings. The second kappa shape index (κ2) is 9.72. The van der Waals surface area contributed by atoms with Gasteiger partial charge in [-0.3, -0.25) is 14.2 Å². The number of fused-ring (bicyclic) bond motifs is 3. The minimum absolute atomic E-state index is 0.0204. The van der Waals surface area contributed by atoms with Gasteiger partial charge in [0.1, 0.15) is 0 Å². The van der Waals surface area contributed by atoms with Crippen molar-refractivity contribution in [2.45, 2.75) is 26.3 Å². The fraction of sp³-hybridized carbons (Fsp3) is 0.185. The van der Waals surface area contributed by atoms with Crippen molar-refractivity contribution < 1.29 is 4.79 Å². The molecule has 0 spiro atoms. The molecule has 0 unspecified atom stereocenters. The van der Waals surface area contributed by atoms with Gasteiger partial charge >= 0.3 is 0 Å². The smallest absolute Gasteiger partial charge is 0.296 e. The molecule has 0 aliphatic heterocycles. The Morgan fingerprint density at radius 3 is 2.51 bits per heavy atom. The SMILES string of the molecule is Cc1ccc2c(c1)n(Cc1ccc(Cl)cc1)c(=O)c1nc(C(=O)NCCCc3ccccc3)nn12. The van der Waals surface area contributed by atoms with Crippen LogP contribution in [0.15, 0.2) is 77.6 Å². The molecule has 0 atom stereocenters. The number of nitrogens with zero attached hydrogens (tertiary/aromatic N) is 4. The van der Waals surface area contributed by atoms with Crippen LogP contribution in [0.3, 0.4) is 0 Å². The van der Waals surface area contributed by atoms with Crippen LogP contribution in [-0.4, -0.2) is 31.6 Å². The first-order valence-corrected chi connectivity index (χ1v) is 11.8. The molecule has 5 rings (SSSR count). The summed E-state index contributed by atoms with van der Waals surface area (Å²) in [4.78, 5) is 30.5. The predicted octanol–water partition coefficient (Wildman–Crippen LogP) is 4.42. The highest BCUT2D eigenvalue weighted by Crippen LogP contribution is 2.18. The highest BCUT2D eigenvalue weighted by Gasteiger charge is 2.19. The number of hydrogen-bond donors (Lipinski definition) is 1. The first kappa shape index (κ1) is 22.8. The van der Waals surface area contributed by atoms with Gasteiger partial charge in [0.25, 0.3) is 11.5 Å². The number of carbonyl (C=O) groups excluding carboxylic acids is 1. The molecule has 2 aromatic heterocycles. The molecule has 176 valence electrons. The molecule has 1 amide bonds. The molecule has 2 heterocycles. The minimum atomic E-state index is -0.398. The molecule has 8 heteroatoms. The number of rotatable bonds is 7. The normalized spacial score (nSPS) is 11.3. The molecule has 0 aliphatic carbocycles. The maximum Gasteiger partial charge on any atom is 0.296 e. The summed E-state index contributed by atoms with van der Waals surface area (Å²) < 4.78 is 3.13. The summed E-state index contributed by atoms with van der Waals surface area (Å²) in [5.74, 6) is -0.418. The van der Waals surface area contributed by atoms with E-state index in [0.29, 0.717) is 23.6 Å². The van der Waals surface area contributed by atoms with Crippen LogP contribution in [0.1, 0.15) is 33.7 Å². The zero-order valence-electron chi connectivity index (χ0n) is 19.2. The highest BCUT2D eigenvalue weighted by molar-refractivity contribution is 6.30. The van der Waals surface area contributed by atoms with E-state index in [4.69, 9.17) is 11.6 Å². The Labute approximate surface area is 207 Å². The third-order valence-electron chi connectivity index (χ3n) is 5.92. The largest absolute Gasteiger partial charge is 0.349 e. The quantitative estimate of drug-likeness (QED) is 0.346. The van der Waals surface area contributed by atoms with Gasteiger partial charge < -0.3 is 5.32 Å². The zero-order chi connectivity index (χ0) is 24.4. The lowest BCUT2D eigenvalue weighted by atomic mass is 10.1. The van der Waals surface area contributed by atoms with E-state index < -0.39 is 5.91 Å². The van der Waals surface area contributed by atoms with E-state index in [1.165, 1.54) is 10.1 Å². The van der Waals surface area contributed by atoms with E-state index in [0.717, 1.165) is 29.5 Å². The average Bonchev–Trinajstić information content (AvgIpc) is 3.32. The summed E-state index contributed by atoms with van der Waals surface area (Å²) >= 11 is 6.02. The van der Waals surface area contributed by atoms with E-state index in [2.05, 4.69) is 27.5 Å². The Morgan fingerprint density at radius 1 is 0.971 bits per heavy atom. The first-order valence-electron chi connectivity index (χ1n) is 11.5. The van der Waals surface area contributed by atoms with Gasteiger partial charge in [0.2, 0.25) is 11.5 Å². The topological polar surface area (TPSA) is 81.3 Å². The molecule has 7 nitrogen and oxygen atoms in total. The van der Waals surface area contributed by atoms with Crippen molar-refractivity contribution in [2.75, 3.05) is 6.54 Å². The van der Waals surface area contributed by atoms with Crippen LogP contribution in [0, 0.1) is 6.92 Å². The molecule has 0 saturated heterocycles. The lowest BCUT2D eigenvalue weighted by Gasteiger charge is -2.12. The predicted molar refractivity (Wildman–Crippen MR) is 137 cm³/mol. The van der Waals surface area contributed by atoms with Crippen molar-refractivity contribution in [2.24, 2.45) is 0 Å². The van der Waals surface area contributed by atoms with E-state index in [9.17, 15) is 9.59 Å². The molecule has 1 N–H and O–H groups in total. The van der Waals surface area contributed by atoms with Gasteiger partial charge in [-0.05, 0) is 60.7 Å². The van der Waals surface area contributed by atoms with Gasteiger partial charge in [-0.25, -0.2) is 4.52 Å². The fourth-order valence-corrected chi connectivity index (χ4v) is 4.25. The van der Waals surface area contributed by atoms with Crippen molar-refractivity contribution in [1.29, 1.82) is 0 Å². The lowest BCUT2D eigenvalue weighted by Crippen LogP contribution is -2.26. The van der Waals surface area contributed by atoms with Crippen molar-refractivity contribution in [3.8, 4) is 0 Å². The first-order chi connectivity index (χ1) is 17.0. The highest BCUT2D eigenvalue weighted by atomic mass is 35.5. The van der Waals surface area contributed by atoms with Gasteiger partial charge in [-0.15, -0.1) is 5.10 Å². The summed E-state index contributed by atoms with van der Waals surface area (Å²) in [6, 6.07) is 23.3. The Morgan fingerprint density at radius 2 is 1.74 bits per heavy atom. The van der Waals surface area contributed by atoms with Crippen molar-refractivity contribution in [1.82, 2.24) is 24.5 Å². The zero-order valence-corrected chi connectivity index (χ0v) is 20.0. The number of aryl methyl sites for hydroxylation is 2. The summed E-state index contributed by atoms with van der Waals surface area (Å²) in [7, 11) is 0. The van der Waals surface area contributed by atoms with Gasteiger partial charge in [-0.1, -0.05) is 60.1 Å². The molecular weight excluding hydrogens is 462 g/mol. The number of benzene rings is 3. The van der Waals surface area contributed by atoms with Gasteiger partial charge in [0.15, 0.2) is 0 Å². The second-order valence-corrected chi connectivity index (χ2v) is 8.96. The minimum Gasteiger partial charge on any atom is -0.349 e. The number of hydrogen-bond acceptors (Lipinski definition) is 4. The standard InChI is InChI=1S/C27H24ClN5O2/c1-18-9-14-22-23(16-18)32(17-20-10-12-21(28)13-11-20)27(35)25-30-24(31-33(22)25)26(34)29-15-5-8-19-6-3-2-4-7-19/h2-4,6-7,9-14,16H,5,8,15,17H2,1H3,(H,29,34). The monoisotopic (exact) mass is 485 g/mol. The molecule has 0 bridgehead atoms. The Balaban J connectivity index is 1.45. The Kier molecular flexibility index (Phi) is 6.33. The van der Waals surface area contributed by atoms with Crippen LogP contribution in [0.25, 0.3) is 16.7 Å². The molecular formula is C27H24ClN5O2. The molecule has 5 aromatic rings. The summed E-state index contributed by atoms with van der Waals surface area (Å²) in [5.41, 5.74) is 4.39. The Bertz CT molecular complexity index is 1570. The van der Waals surface area contributed by atoms with Gasteiger partial charge in [-0.2, -0.15) is 4.98 Å². The van der Waals surface area contributed by atoms with E-state index >= 15 is 0 Å². The maximum atomic E-state index is 13.5. The Hall–Kier alpha value is -3.97. The van der Waals surface area contributed by atoms with Gasteiger partial charge in [0, 0.05) is 11.6 Å². The number of carbonyl (C=O) groups is 1. The second-order valence-electron chi connectivity index (χ2n) is 8.53. The number of halogens is 1. The van der Waals surface area contributed by atoms with Crippen LogP contribution in [0.4, 0.5) is 0 Å². The molecule has 0 saturated carbocycles. The molecule has 0 radical (unpaired) electrons.